The van der Waals surface area contributed by atoms with Crippen LogP contribution in [0.1, 0.15) is 30.1 Å². The minimum Gasteiger partial charge on any atom is -0.409 e. The number of nitrogens with zero attached hydrogens (tertiary/aromatic N) is 2. The van der Waals surface area contributed by atoms with Crippen LogP contribution in [0, 0.1) is 5.41 Å². The van der Waals surface area contributed by atoms with E-state index in [2.05, 4.69) is 5.16 Å². The molecule has 3 N–H and O–H groups in total. The topological polar surface area (TPSA) is 78.9 Å². The second-order valence-electron chi connectivity index (χ2n) is 5.57. The Hall–Kier alpha value is -1.69. The van der Waals surface area contributed by atoms with Crippen LogP contribution in [0.15, 0.2) is 34.3 Å². The maximum Gasteiger partial charge on any atom is 0.253 e. The number of amides is 1. The average molecular weight is 307 g/mol. The molecule has 1 aliphatic rings. The molecule has 0 saturated carbocycles. The quantitative estimate of drug-likeness (QED) is 0.295. The van der Waals surface area contributed by atoms with Crippen LogP contribution >= 0.6 is 11.8 Å². The standard InChI is InChI=1S/C15H21N3O2S/c1-15(14(16)17-20)7-9-18(10-8-15)13(19)11-3-5-12(21-2)6-4-11/h3-6,20H,7-10H2,1-2H3,(H2,16,17). The molecule has 0 radical (unpaired) electrons. The molecule has 21 heavy (non-hydrogen) atoms. The Balaban J connectivity index is 2.03. The zero-order valence-electron chi connectivity index (χ0n) is 12.4. The highest BCUT2D eigenvalue weighted by Gasteiger charge is 2.35. The van der Waals surface area contributed by atoms with Crippen LogP contribution in [0.2, 0.25) is 0 Å². The summed E-state index contributed by atoms with van der Waals surface area (Å²) in [5, 5.41) is 12.0. The van der Waals surface area contributed by atoms with E-state index in [9.17, 15) is 4.79 Å². The lowest BCUT2D eigenvalue weighted by Gasteiger charge is -2.38. The fourth-order valence-electron chi connectivity index (χ4n) is 2.50. The second-order valence-corrected chi connectivity index (χ2v) is 6.45. The molecule has 114 valence electrons. The summed E-state index contributed by atoms with van der Waals surface area (Å²) in [5.41, 5.74) is 6.12. The van der Waals surface area contributed by atoms with Gasteiger partial charge in [-0.1, -0.05) is 12.1 Å². The van der Waals surface area contributed by atoms with Gasteiger partial charge in [0.05, 0.1) is 0 Å². The predicted molar refractivity (Wildman–Crippen MR) is 84.9 cm³/mol. The SMILES string of the molecule is CSc1ccc(C(=O)N2CCC(C)(/C(N)=N/O)CC2)cc1. The Morgan fingerprint density at radius 3 is 2.38 bits per heavy atom. The minimum absolute atomic E-state index is 0.0456. The number of likely N-dealkylation sites (tertiary alicyclic amines) is 1. The van der Waals surface area contributed by atoms with Crippen molar-refractivity contribution < 1.29 is 10.0 Å². The van der Waals surface area contributed by atoms with E-state index >= 15 is 0 Å². The van der Waals surface area contributed by atoms with Gasteiger partial charge in [-0.2, -0.15) is 0 Å². The number of amidine groups is 1. The van der Waals surface area contributed by atoms with Gasteiger partial charge in [-0.05, 0) is 43.4 Å². The molecule has 0 spiro atoms. The number of benzene rings is 1. The first-order valence-corrected chi connectivity index (χ1v) is 8.14. The third-order valence-electron chi connectivity index (χ3n) is 4.22. The summed E-state index contributed by atoms with van der Waals surface area (Å²) in [6.45, 7) is 3.21. The average Bonchev–Trinajstić information content (AvgIpc) is 2.54. The summed E-state index contributed by atoms with van der Waals surface area (Å²) in [4.78, 5) is 15.4. The fraction of sp³-hybridized carbons (Fsp3) is 0.467. The number of nitrogens with two attached hydrogens (primary N) is 1. The molecule has 5 nitrogen and oxygen atoms in total. The van der Waals surface area contributed by atoms with Gasteiger partial charge in [0.15, 0.2) is 0 Å². The van der Waals surface area contributed by atoms with Crippen molar-refractivity contribution >= 4 is 23.5 Å². The smallest absolute Gasteiger partial charge is 0.253 e. The van der Waals surface area contributed by atoms with Crippen molar-refractivity contribution in [1.82, 2.24) is 4.90 Å². The van der Waals surface area contributed by atoms with E-state index in [0.717, 1.165) is 4.90 Å². The number of hydrogen-bond acceptors (Lipinski definition) is 4. The van der Waals surface area contributed by atoms with Gasteiger partial charge in [0.1, 0.15) is 5.84 Å². The van der Waals surface area contributed by atoms with E-state index in [-0.39, 0.29) is 17.2 Å². The van der Waals surface area contributed by atoms with Gasteiger partial charge in [-0.25, -0.2) is 0 Å². The molecule has 0 bridgehead atoms. The Kier molecular flexibility index (Phi) is 4.77. The summed E-state index contributed by atoms with van der Waals surface area (Å²) in [6, 6.07) is 7.65. The highest BCUT2D eigenvalue weighted by molar-refractivity contribution is 7.98. The van der Waals surface area contributed by atoms with E-state index in [0.29, 0.717) is 31.5 Å². The number of carbonyl (C=O) groups excluding carboxylic acids is 1. The third-order valence-corrected chi connectivity index (χ3v) is 4.96. The van der Waals surface area contributed by atoms with Gasteiger partial charge in [0.25, 0.3) is 5.91 Å². The van der Waals surface area contributed by atoms with Crippen molar-refractivity contribution in [2.24, 2.45) is 16.3 Å². The molecule has 0 atom stereocenters. The molecule has 1 amide bonds. The van der Waals surface area contributed by atoms with Gasteiger partial charge < -0.3 is 15.8 Å². The highest BCUT2D eigenvalue weighted by atomic mass is 32.2. The van der Waals surface area contributed by atoms with Gasteiger partial charge in [0, 0.05) is 29.0 Å². The lowest BCUT2D eigenvalue weighted by Crippen LogP contribution is -2.47. The first-order valence-electron chi connectivity index (χ1n) is 6.91. The van der Waals surface area contributed by atoms with Crippen LogP contribution in [-0.4, -0.2) is 41.2 Å². The Labute approximate surface area is 129 Å². The molecule has 1 saturated heterocycles. The summed E-state index contributed by atoms with van der Waals surface area (Å²) in [7, 11) is 0. The van der Waals surface area contributed by atoms with Gasteiger partial charge in [0.2, 0.25) is 0 Å². The molecular formula is C15H21N3O2S. The van der Waals surface area contributed by atoms with E-state index in [1.54, 1.807) is 11.8 Å². The number of thioether (sulfide) groups is 1. The molecule has 6 heteroatoms. The molecular weight excluding hydrogens is 286 g/mol. The minimum atomic E-state index is -0.325. The zero-order chi connectivity index (χ0) is 15.5. The van der Waals surface area contributed by atoms with Crippen LogP contribution in [0.4, 0.5) is 0 Å². The zero-order valence-corrected chi connectivity index (χ0v) is 13.2. The van der Waals surface area contributed by atoms with Crippen molar-refractivity contribution in [3.63, 3.8) is 0 Å². The first-order chi connectivity index (χ1) is 10.00. The van der Waals surface area contributed by atoms with Crippen molar-refractivity contribution in [2.75, 3.05) is 19.3 Å². The molecule has 2 rings (SSSR count). The van der Waals surface area contributed by atoms with E-state index in [4.69, 9.17) is 10.9 Å². The number of carbonyl (C=O) groups is 1. The van der Waals surface area contributed by atoms with Crippen molar-refractivity contribution in [3.05, 3.63) is 29.8 Å². The van der Waals surface area contributed by atoms with Crippen molar-refractivity contribution in [1.29, 1.82) is 0 Å². The molecule has 0 aromatic heterocycles. The van der Waals surface area contributed by atoms with E-state index < -0.39 is 0 Å². The summed E-state index contributed by atoms with van der Waals surface area (Å²) in [5.74, 6) is 0.295. The summed E-state index contributed by atoms with van der Waals surface area (Å²) in [6.07, 6.45) is 3.42. The van der Waals surface area contributed by atoms with Crippen LogP contribution in [0.3, 0.4) is 0 Å². The Bertz CT molecular complexity index is 534. The Morgan fingerprint density at radius 1 is 1.33 bits per heavy atom. The van der Waals surface area contributed by atoms with E-state index in [1.807, 2.05) is 42.3 Å². The third kappa shape index (κ3) is 3.32. The lowest BCUT2D eigenvalue weighted by atomic mass is 9.79. The van der Waals surface area contributed by atoms with Crippen molar-refractivity contribution in [2.45, 2.75) is 24.7 Å². The van der Waals surface area contributed by atoms with Crippen molar-refractivity contribution in [3.8, 4) is 0 Å². The normalized spacial score (nSPS) is 18.6. The lowest BCUT2D eigenvalue weighted by molar-refractivity contribution is 0.0666. The van der Waals surface area contributed by atoms with Gasteiger partial charge in [-0.3, -0.25) is 4.79 Å². The molecule has 0 aliphatic carbocycles. The van der Waals surface area contributed by atoms with Gasteiger partial charge >= 0.3 is 0 Å². The number of oxime groups is 1. The first kappa shape index (κ1) is 15.7. The predicted octanol–water partition coefficient (Wildman–Crippen LogP) is 2.40. The van der Waals surface area contributed by atoms with Crippen LogP contribution in [0.5, 0.6) is 0 Å². The number of piperidine rings is 1. The molecule has 0 unspecified atom stereocenters. The van der Waals surface area contributed by atoms with Crippen LogP contribution in [0.25, 0.3) is 0 Å². The molecule has 1 aliphatic heterocycles. The van der Waals surface area contributed by atoms with E-state index in [1.165, 1.54) is 0 Å². The largest absolute Gasteiger partial charge is 0.409 e. The molecule has 1 heterocycles. The summed E-state index contributed by atoms with van der Waals surface area (Å²) < 4.78 is 0. The molecule has 1 aromatic carbocycles. The highest BCUT2D eigenvalue weighted by Crippen LogP contribution is 2.31. The maximum absolute atomic E-state index is 12.5. The maximum atomic E-state index is 12.5. The molecule has 1 fully saturated rings. The second kappa shape index (κ2) is 6.39. The summed E-state index contributed by atoms with van der Waals surface area (Å²) >= 11 is 1.65. The van der Waals surface area contributed by atoms with Crippen LogP contribution < -0.4 is 5.73 Å². The van der Waals surface area contributed by atoms with Gasteiger partial charge in [-0.15, -0.1) is 11.8 Å². The molecule has 1 aromatic rings. The Morgan fingerprint density at radius 2 is 1.90 bits per heavy atom. The number of rotatable bonds is 3. The monoisotopic (exact) mass is 307 g/mol. The fourth-order valence-corrected chi connectivity index (χ4v) is 2.90. The van der Waals surface area contributed by atoms with Crippen LogP contribution in [-0.2, 0) is 0 Å². The number of hydrogen-bond donors (Lipinski definition) is 2.